The van der Waals surface area contributed by atoms with E-state index in [1.54, 1.807) is 4.68 Å². The summed E-state index contributed by atoms with van der Waals surface area (Å²) in [5.41, 5.74) is 0.988. The molecule has 0 saturated heterocycles. The molecule has 2 aromatic rings. The van der Waals surface area contributed by atoms with Gasteiger partial charge in [-0.2, -0.15) is 4.68 Å². The van der Waals surface area contributed by atoms with Gasteiger partial charge >= 0.3 is 0 Å². The van der Waals surface area contributed by atoms with E-state index >= 15 is 0 Å². The molecule has 0 aliphatic carbocycles. The maximum atomic E-state index is 4.10. The van der Waals surface area contributed by atoms with Gasteiger partial charge < -0.3 is 5.32 Å². The van der Waals surface area contributed by atoms with E-state index in [1.165, 1.54) is 0 Å². The Hall–Kier alpha value is -1.75. The van der Waals surface area contributed by atoms with Crippen molar-refractivity contribution in [2.24, 2.45) is 5.92 Å². The number of tetrazole rings is 1. The molecule has 5 heteroatoms. The van der Waals surface area contributed by atoms with Gasteiger partial charge in [0.1, 0.15) is 0 Å². The minimum atomic E-state index is 0.487. The molecular weight excluding hydrogens is 238 g/mol. The number of hydrogen-bond donors (Lipinski definition) is 1. The Morgan fingerprint density at radius 3 is 2.58 bits per heavy atom. The second-order valence-corrected chi connectivity index (χ2v) is 4.98. The zero-order chi connectivity index (χ0) is 13.7. The van der Waals surface area contributed by atoms with Crippen LogP contribution in [0.5, 0.6) is 0 Å². The molecule has 1 atom stereocenters. The molecule has 1 unspecified atom stereocenters. The zero-order valence-corrected chi connectivity index (χ0v) is 11.7. The van der Waals surface area contributed by atoms with Crippen molar-refractivity contribution < 1.29 is 0 Å². The average molecular weight is 259 g/mol. The first-order valence-corrected chi connectivity index (χ1v) is 6.78. The molecule has 102 valence electrons. The molecule has 1 N–H and O–H groups in total. The van der Waals surface area contributed by atoms with Crippen LogP contribution in [0, 0.1) is 5.92 Å². The van der Waals surface area contributed by atoms with Crippen LogP contribution in [0.2, 0.25) is 0 Å². The standard InChI is InChI=1S/C14H21N5/c1-4-13(11(2)3)15-10-14-16-17-18-19(14)12-8-6-5-7-9-12/h5-9,11,13,15H,4,10H2,1-3H3. The van der Waals surface area contributed by atoms with E-state index in [0.717, 1.165) is 17.9 Å². The van der Waals surface area contributed by atoms with Crippen molar-refractivity contribution >= 4 is 0 Å². The van der Waals surface area contributed by atoms with Crippen LogP contribution < -0.4 is 5.32 Å². The molecule has 0 amide bonds. The summed E-state index contributed by atoms with van der Waals surface area (Å²) in [5, 5.41) is 15.4. The Labute approximate surface area is 114 Å². The van der Waals surface area contributed by atoms with Gasteiger partial charge in [-0.3, -0.25) is 0 Å². The molecule has 1 aromatic heterocycles. The normalized spacial score (nSPS) is 12.8. The van der Waals surface area contributed by atoms with Gasteiger partial charge in [-0.15, -0.1) is 5.10 Å². The van der Waals surface area contributed by atoms with Crippen LogP contribution in [0.1, 0.15) is 33.0 Å². The molecular formula is C14H21N5. The Kier molecular flexibility index (Phi) is 4.63. The van der Waals surface area contributed by atoms with E-state index in [2.05, 4.69) is 41.6 Å². The van der Waals surface area contributed by atoms with E-state index < -0.39 is 0 Å². The first kappa shape index (κ1) is 13.7. The number of para-hydroxylation sites is 1. The largest absolute Gasteiger partial charge is 0.307 e. The summed E-state index contributed by atoms with van der Waals surface area (Å²) in [6, 6.07) is 10.4. The lowest BCUT2D eigenvalue weighted by molar-refractivity contribution is 0.382. The van der Waals surface area contributed by atoms with Crippen LogP contribution in [0.3, 0.4) is 0 Å². The van der Waals surface area contributed by atoms with Crippen molar-refractivity contribution in [1.29, 1.82) is 0 Å². The fourth-order valence-electron chi connectivity index (χ4n) is 2.16. The topological polar surface area (TPSA) is 55.6 Å². The predicted octanol–water partition coefficient (Wildman–Crippen LogP) is 2.19. The summed E-state index contributed by atoms with van der Waals surface area (Å²) >= 11 is 0. The Balaban J connectivity index is 2.08. The van der Waals surface area contributed by atoms with Crippen molar-refractivity contribution in [3.63, 3.8) is 0 Å². The van der Waals surface area contributed by atoms with Crippen molar-refractivity contribution in [2.45, 2.75) is 39.8 Å². The van der Waals surface area contributed by atoms with Gasteiger partial charge in [-0.1, -0.05) is 39.0 Å². The van der Waals surface area contributed by atoms with E-state index in [0.29, 0.717) is 18.5 Å². The number of rotatable bonds is 6. The highest BCUT2D eigenvalue weighted by Gasteiger charge is 2.13. The number of hydrogen-bond acceptors (Lipinski definition) is 4. The molecule has 1 heterocycles. The van der Waals surface area contributed by atoms with E-state index in [4.69, 9.17) is 0 Å². The summed E-state index contributed by atoms with van der Waals surface area (Å²) in [6.07, 6.45) is 1.10. The van der Waals surface area contributed by atoms with E-state index in [1.807, 2.05) is 30.3 Å². The molecule has 0 aliphatic heterocycles. The molecule has 2 rings (SSSR count). The third kappa shape index (κ3) is 3.38. The van der Waals surface area contributed by atoms with Gasteiger partial charge in [0.15, 0.2) is 5.82 Å². The lowest BCUT2D eigenvalue weighted by Gasteiger charge is -2.20. The molecule has 19 heavy (non-hydrogen) atoms. The van der Waals surface area contributed by atoms with Gasteiger partial charge in [0.2, 0.25) is 0 Å². The second kappa shape index (κ2) is 6.43. The monoisotopic (exact) mass is 259 g/mol. The van der Waals surface area contributed by atoms with Gasteiger partial charge in [0.25, 0.3) is 0 Å². The Morgan fingerprint density at radius 1 is 1.21 bits per heavy atom. The van der Waals surface area contributed by atoms with E-state index in [9.17, 15) is 0 Å². The fourth-order valence-corrected chi connectivity index (χ4v) is 2.16. The first-order chi connectivity index (χ1) is 9.22. The first-order valence-electron chi connectivity index (χ1n) is 6.78. The van der Waals surface area contributed by atoms with Gasteiger partial charge in [0.05, 0.1) is 12.2 Å². The Morgan fingerprint density at radius 2 is 1.95 bits per heavy atom. The average Bonchev–Trinajstić information content (AvgIpc) is 2.88. The van der Waals surface area contributed by atoms with Crippen molar-refractivity contribution in [2.75, 3.05) is 0 Å². The third-order valence-electron chi connectivity index (χ3n) is 3.30. The van der Waals surface area contributed by atoms with Gasteiger partial charge in [-0.05, 0) is 34.9 Å². The van der Waals surface area contributed by atoms with E-state index in [-0.39, 0.29) is 0 Å². The molecule has 0 saturated carbocycles. The van der Waals surface area contributed by atoms with Crippen molar-refractivity contribution in [3.05, 3.63) is 36.2 Å². The second-order valence-electron chi connectivity index (χ2n) is 4.98. The maximum Gasteiger partial charge on any atom is 0.170 e. The maximum absolute atomic E-state index is 4.10. The number of aromatic nitrogens is 4. The lowest BCUT2D eigenvalue weighted by atomic mass is 10.0. The number of nitrogens with one attached hydrogen (secondary N) is 1. The molecule has 0 fully saturated rings. The molecule has 0 radical (unpaired) electrons. The third-order valence-corrected chi connectivity index (χ3v) is 3.30. The predicted molar refractivity (Wildman–Crippen MR) is 74.9 cm³/mol. The molecule has 0 spiro atoms. The molecule has 0 aliphatic rings. The SMILES string of the molecule is CCC(NCc1nnnn1-c1ccccc1)C(C)C. The van der Waals surface area contributed by atoms with Crippen LogP contribution in [0.4, 0.5) is 0 Å². The van der Waals surface area contributed by atoms with Crippen LogP contribution in [0.15, 0.2) is 30.3 Å². The van der Waals surface area contributed by atoms with Crippen LogP contribution in [0.25, 0.3) is 5.69 Å². The quantitative estimate of drug-likeness (QED) is 0.864. The molecule has 5 nitrogen and oxygen atoms in total. The van der Waals surface area contributed by atoms with Gasteiger partial charge in [-0.25, -0.2) is 0 Å². The number of benzene rings is 1. The highest BCUT2D eigenvalue weighted by molar-refractivity contribution is 5.30. The molecule has 1 aromatic carbocycles. The van der Waals surface area contributed by atoms with Crippen LogP contribution in [-0.2, 0) is 6.54 Å². The smallest absolute Gasteiger partial charge is 0.170 e. The Bertz CT molecular complexity index is 492. The van der Waals surface area contributed by atoms with Crippen molar-refractivity contribution in [1.82, 2.24) is 25.5 Å². The van der Waals surface area contributed by atoms with Crippen molar-refractivity contribution in [3.8, 4) is 5.69 Å². The summed E-state index contributed by atoms with van der Waals surface area (Å²) in [6.45, 7) is 7.32. The minimum Gasteiger partial charge on any atom is -0.307 e. The highest BCUT2D eigenvalue weighted by atomic mass is 15.5. The van der Waals surface area contributed by atoms with Gasteiger partial charge in [0, 0.05) is 6.04 Å². The van der Waals surface area contributed by atoms with Crippen LogP contribution in [-0.4, -0.2) is 26.2 Å². The lowest BCUT2D eigenvalue weighted by Crippen LogP contribution is -2.33. The fraction of sp³-hybridized carbons (Fsp3) is 0.500. The summed E-state index contributed by atoms with van der Waals surface area (Å²) in [5.74, 6) is 1.44. The minimum absolute atomic E-state index is 0.487. The zero-order valence-electron chi connectivity index (χ0n) is 11.7. The number of nitrogens with zero attached hydrogens (tertiary/aromatic N) is 4. The van der Waals surface area contributed by atoms with Crippen LogP contribution >= 0.6 is 0 Å². The summed E-state index contributed by atoms with van der Waals surface area (Å²) < 4.78 is 1.78. The summed E-state index contributed by atoms with van der Waals surface area (Å²) in [4.78, 5) is 0. The molecule has 0 bridgehead atoms. The highest BCUT2D eigenvalue weighted by Crippen LogP contribution is 2.09. The summed E-state index contributed by atoms with van der Waals surface area (Å²) in [7, 11) is 0.